The Balaban J connectivity index is 1.92. The van der Waals surface area contributed by atoms with E-state index in [0.29, 0.717) is 40.4 Å². The number of ether oxygens (including phenoxy) is 1. The van der Waals surface area contributed by atoms with Crippen LogP contribution in [0, 0.1) is 17.3 Å². The summed E-state index contributed by atoms with van der Waals surface area (Å²) in [6.07, 6.45) is 4.54. The summed E-state index contributed by atoms with van der Waals surface area (Å²) in [6.45, 7) is 11.6. The molecule has 2 rings (SSSR count). The first-order valence-corrected chi connectivity index (χ1v) is 11.3. The molecule has 0 heterocycles. The van der Waals surface area contributed by atoms with Crippen molar-refractivity contribution in [2.75, 3.05) is 6.61 Å². The molecule has 1 aromatic carbocycles. The van der Waals surface area contributed by atoms with Gasteiger partial charge in [0.1, 0.15) is 5.75 Å². The molecule has 1 saturated carbocycles. The summed E-state index contributed by atoms with van der Waals surface area (Å²) in [5.41, 5.74) is 0.836. The van der Waals surface area contributed by atoms with Crippen molar-refractivity contribution in [2.45, 2.75) is 66.3 Å². The average Bonchev–Trinajstić information content (AvgIpc) is 2.60. The Morgan fingerprint density at radius 2 is 1.89 bits per heavy atom. The number of amides is 1. The summed E-state index contributed by atoms with van der Waals surface area (Å²) in [4.78, 5) is 12.8. The molecule has 28 heavy (non-hydrogen) atoms. The van der Waals surface area contributed by atoms with Crippen molar-refractivity contribution in [1.82, 2.24) is 10.6 Å². The van der Waals surface area contributed by atoms with Crippen molar-refractivity contribution in [2.24, 2.45) is 17.3 Å². The van der Waals surface area contributed by atoms with E-state index in [1.165, 1.54) is 12.8 Å². The van der Waals surface area contributed by atoms with E-state index in [4.69, 9.17) is 17.0 Å². The standard InChI is InChI=1S/C22H33BrN2O2S/c1-14(2)13-27-19-11-8-16(23)12-18(19)20(26)25-21(28)24-17-9-6-15(7-10-17)22(3,4)5/h8,11-12,14-15,17H,6-7,9-10,13H2,1-5H3,(H2,24,25,26,28). The van der Waals surface area contributed by atoms with Crippen LogP contribution in [0.4, 0.5) is 0 Å². The monoisotopic (exact) mass is 468 g/mol. The molecule has 0 aliphatic heterocycles. The van der Waals surface area contributed by atoms with Crippen LogP contribution in [0.25, 0.3) is 0 Å². The van der Waals surface area contributed by atoms with Crippen LogP contribution >= 0.6 is 28.1 Å². The molecule has 0 saturated heterocycles. The van der Waals surface area contributed by atoms with Gasteiger partial charge >= 0.3 is 0 Å². The highest BCUT2D eigenvalue weighted by molar-refractivity contribution is 9.10. The van der Waals surface area contributed by atoms with Crippen LogP contribution in [0.2, 0.25) is 0 Å². The van der Waals surface area contributed by atoms with Crippen LogP contribution in [-0.4, -0.2) is 23.7 Å². The van der Waals surface area contributed by atoms with E-state index < -0.39 is 0 Å². The van der Waals surface area contributed by atoms with Crippen LogP contribution in [0.5, 0.6) is 5.75 Å². The molecule has 1 aliphatic rings. The number of thiocarbonyl (C=S) groups is 1. The van der Waals surface area contributed by atoms with Crippen molar-refractivity contribution in [3.8, 4) is 5.75 Å². The van der Waals surface area contributed by atoms with Crippen LogP contribution in [0.15, 0.2) is 22.7 Å². The Morgan fingerprint density at radius 3 is 2.46 bits per heavy atom. The van der Waals surface area contributed by atoms with Crippen molar-refractivity contribution in [3.63, 3.8) is 0 Å². The lowest BCUT2D eigenvalue weighted by Gasteiger charge is -2.37. The molecule has 1 amide bonds. The van der Waals surface area contributed by atoms with E-state index in [1.807, 2.05) is 12.1 Å². The van der Waals surface area contributed by atoms with E-state index in [2.05, 4.69) is 61.2 Å². The number of hydrogen-bond acceptors (Lipinski definition) is 3. The zero-order valence-electron chi connectivity index (χ0n) is 17.6. The fourth-order valence-corrected chi connectivity index (χ4v) is 4.18. The molecule has 1 aromatic rings. The van der Waals surface area contributed by atoms with Gasteiger partial charge in [0.15, 0.2) is 5.11 Å². The van der Waals surface area contributed by atoms with Crippen molar-refractivity contribution in [1.29, 1.82) is 0 Å². The largest absolute Gasteiger partial charge is 0.492 e. The van der Waals surface area contributed by atoms with E-state index in [0.717, 1.165) is 23.2 Å². The van der Waals surface area contributed by atoms with Crippen LogP contribution < -0.4 is 15.4 Å². The number of carbonyl (C=O) groups excluding carboxylic acids is 1. The minimum Gasteiger partial charge on any atom is -0.492 e. The SMILES string of the molecule is CC(C)COc1ccc(Br)cc1C(=O)NC(=S)NC1CCC(C(C)(C)C)CC1. The van der Waals surface area contributed by atoms with Crippen molar-refractivity contribution in [3.05, 3.63) is 28.2 Å². The second kappa shape index (κ2) is 10.1. The summed E-state index contributed by atoms with van der Waals surface area (Å²) >= 11 is 8.83. The Morgan fingerprint density at radius 1 is 1.25 bits per heavy atom. The van der Waals surface area contributed by atoms with E-state index in [9.17, 15) is 4.79 Å². The quantitative estimate of drug-likeness (QED) is 0.544. The van der Waals surface area contributed by atoms with Gasteiger partial charge in [0.2, 0.25) is 0 Å². The summed E-state index contributed by atoms with van der Waals surface area (Å²) in [5.74, 6) is 1.45. The first kappa shape index (κ1) is 23.1. The molecule has 0 radical (unpaired) electrons. The van der Waals surface area contributed by atoms with Crippen LogP contribution in [0.3, 0.4) is 0 Å². The van der Waals surface area contributed by atoms with Crippen LogP contribution in [-0.2, 0) is 0 Å². The Hall–Kier alpha value is -1.14. The van der Waals surface area contributed by atoms with Gasteiger partial charge in [-0.3, -0.25) is 10.1 Å². The van der Waals surface area contributed by atoms with Gasteiger partial charge in [-0.1, -0.05) is 50.5 Å². The molecule has 6 heteroatoms. The zero-order valence-corrected chi connectivity index (χ0v) is 20.0. The third-order valence-electron chi connectivity index (χ3n) is 5.27. The topological polar surface area (TPSA) is 50.4 Å². The van der Waals surface area contributed by atoms with Gasteiger partial charge in [0.25, 0.3) is 5.91 Å². The number of benzene rings is 1. The van der Waals surface area contributed by atoms with E-state index >= 15 is 0 Å². The molecule has 4 nitrogen and oxygen atoms in total. The van der Waals surface area contributed by atoms with Gasteiger partial charge < -0.3 is 10.1 Å². The predicted molar refractivity (Wildman–Crippen MR) is 123 cm³/mol. The van der Waals surface area contributed by atoms with Gasteiger partial charge in [0, 0.05) is 10.5 Å². The predicted octanol–water partition coefficient (Wildman–Crippen LogP) is 5.69. The summed E-state index contributed by atoms with van der Waals surface area (Å²) in [5, 5.41) is 6.53. The van der Waals surface area contributed by atoms with Crippen molar-refractivity contribution >= 4 is 39.2 Å². The second-order valence-electron chi connectivity index (χ2n) is 9.19. The van der Waals surface area contributed by atoms with E-state index in [-0.39, 0.29) is 5.91 Å². The molecule has 0 aromatic heterocycles. The lowest BCUT2D eigenvalue weighted by atomic mass is 9.71. The smallest absolute Gasteiger partial charge is 0.261 e. The molecule has 0 atom stereocenters. The number of halogens is 1. The number of hydrogen-bond donors (Lipinski definition) is 2. The molecule has 1 fully saturated rings. The molecular weight excluding hydrogens is 436 g/mol. The number of nitrogens with one attached hydrogen (secondary N) is 2. The third kappa shape index (κ3) is 7.03. The lowest BCUT2D eigenvalue weighted by molar-refractivity contribution is 0.0971. The Labute approximate surface area is 183 Å². The number of carbonyl (C=O) groups is 1. The lowest BCUT2D eigenvalue weighted by Crippen LogP contribution is -2.46. The van der Waals surface area contributed by atoms with E-state index in [1.54, 1.807) is 6.07 Å². The first-order chi connectivity index (χ1) is 13.1. The maximum absolute atomic E-state index is 12.8. The molecule has 156 valence electrons. The molecule has 1 aliphatic carbocycles. The zero-order chi connectivity index (χ0) is 20.9. The highest BCUT2D eigenvalue weighted by Crippen LogP contribution is 2.37. The Bertz CT molecular complexity index is 692. The second-order valence-corrected chi connectivity index (χ2v) is 10.5. The van der Waals surface area contributed by atoms with Gasteiger partial charge in [0.05, 0.1) is 12.2 Å². The third-order valence-corrected chi connectivity index (χ3v) is 5.99. The molecule has 2 N–H and O–H groups in total. The normalized spacial score (nSPS) is 20.0. The summed E-state index contributed by atoms with van der Waals surface area (Å²) < 4.78 is 6.63. The minimum absolute atomic E-state index is 0.249. The number of rotatable bonds is 5. The summed E-state index contributed by atoms with van der Waals surface area (Å²) in [7, 11) is 0. The molecule has 0 unspecified atom stereocenters. The van der Waals surface area contributed by atoms with Crippen LogP contribution in [0.1, 0.15) is 70.7 Å². The first-order valence-electron chi connectivity index (χ1n) is 10.1. The maximum atomic E-state index is 12.8. The minimum atomic E-state index is -0.249. The molecule has 0 spiro atoms. The maximum Gasteiger partial charge on any atom is 0.261 e. The van der Waals surface area contributed by atoms with Gasteiger partial charge in [-0.25, -0.2) is 0 Å². The fourth-order valence-electron chi connectivity index (χ4n) is 3.56. The highest BCUT2D eigenvalue weighted by atomic mass is 79.9. The Kier molecular flexibility index (Phi) is 8.31. The molecule has 0 bridgehead atoms. The summed E-state index contributed by atoms with van der Waals surface area (Å²) in [6, 6.07) is 5.77. The van der Waals surface area contributed by atoms with Gasteiger partial charge in [-0.05, 0) is 73.4 Å². The highest BCUT2D eigenvalue weighted by Gasteiger charge is 2.30. The van der Waals surface area contributed by atoms with Gasteiger partial charge in [-0.15, -0.1) is 0 Å². The van der Waals surface area contributed by atoms with Gasteiger partial charge in [-0.2, -0.15) is 0 Å². The average molecular weight is 469 g/mol. The van der Waals surface area contributed by atoms with Crippen molar-refractivity contribution < 1.29 is 9.53 Å². The molecular formula is C22H33BrN2O2S. The fraction of sp³-hybridized carbons (Fsp3) is 0.636.